The van der Waals surface area contributed by atoms with E-state index in [1.54, 1.807) is 19.1 Å². The molecular formula is C16H25N3O4S2. The minimum absolute atomic E-state index is 0.113. The van der Waals surface area contributed by atoms with Crippen LogP contribution in [0.1, 0.15) is 18.4 Å². The summed E-state index contributed by atoms with van der Waals surface area (Å²) in [5.41, 5.74) is 1.08. The summed E-state index contributed by atoms with van der Waals surface area (Å²) in [4.78, 5) is 2.30. The van der Waals surface area contributed by atoms with Crippen molar-refractivity contribution >= 4 is 25.7 Å². The number of likely N-dealkylation sites (N-methyl/N-ethyl adjacent to an activating group) is 1. The third kappa shape index (κ3) is 3.69. The minimum atomic E-state index is -3.63. The van der Waals surface area contributed by atoms with Gasteiger partial charge in [0.1, 0.15) is 0 Å². The van der Waals surface area contributed by atoms with Crippen LogP contribution in [0.25, 0.3) is 0 Å². The lowest BCUT2D eigenvalue weighted by Gasteiger charge is -2.32. The summed E-state index contributed by atoms with van der Waals surface area (Å²) in [5, 5.41) is 0. The normalized spacial score (nSPS) is 22.9. The van der Waals surface area contributed by atoms with Crippen LogP contribution < -0.4 is 4.31 Å². The summed E-state index contributed by atoms with van der Waals surface area (Å²) < 4.78 is 53.6. The SMILES string of the molecule is Cc1ccc(N2CCCCS2(=O)=O)cc1S(=O)(=O)N1CCN(C)CC1. The van der Waals surface area contributed by atoms with E-state index in [0.717, 1.165) is 6.42 Å². The van der Waals surface area contributed by atoms with E-state index in [1.807, 2.05) is 7.05 Å². The van der Waals surface area contributed by atoms with Crippen LogP contribution in [-0.4, -0.2) is 71.6 Å². The van der Waals surface area contributed by atoms with Crippen molar-refractivity contribution in [3.05, 3.63) is 23.8 Å². The number of hydrogen-bond acceptors (Lipinski definition) is 5. The zero-order valence-corrected chi connectivity index (χ0v) is 16.3. The molecule has 0 bridgehead atoms. The molecule has 0 spiro atoms. The molecule has 2 aliphatic rings. The van der Waals surface area contributed by atoms with Gasteiger partial charge in [0.25, 0.3) is 0 Å². The van der Waals surface area contributed by atoms with Crippen LogP contribution in [0.4, 0.5) is 5.69 Å². The molecule has 2 saturated heterocycles. The van der Waals surface area contributed by atoms with Gasteiger partial charge in [-0.05, 0) is 44.5 Å². The fraction of sp³-hybridized carbons (Fsp3) is 0.625. The summed E-state index contributed by atoms with van der Waals surface area (Å²) in [6.07, 6.45) is 1.44. The van der Waals surface area contributed by atoms with Crippen molar-refractivity contribution in [2.45, 2.75) is 24.7 Å². The molecule has 7 nitrogen and oxygen atoms in total. The van der Waals surface area contributed by atoms with Crippen molar-refractivity contribution in [1.29, 1.82) is 0 Å². The topological polar surface area (TPSA) is 78.0 Å². The highest BCUT2D eigenvalue weighted by Gasteiger charge is 2.31. The lowest BCUT2D eigenvalue weighted by atomic mass is 10.2. The Morgan fingerprint density at radius 3 is 2.32 bits per heavy atom. The lowest BCUT2D eigenvalue weighted by molar-refractivity contribution is 0.222. The number of sulfonamides is 2. The van der Waals surface area contributed by atoms with Crippen LogP contribution in [0.2, 0.25) is 0 Å². The quantitative estimate of drug-likeness (QED) is 0.769. The van der Waals surface area contributed by atoms with Gasteiger partial charge in [0.05, 0.1) is 16.3 Å². The van der Waals surface area contributed by atoms with Crippen LogP contribution in [0.3, 0.4) is 0 Å². The molecule has 0 unspecified atom stereocenters. The Morgan fingerprint density at radius 2 is 1.68 bits per heavy atom. The summed E-state index contributed by atoms with van der Waals surface area (Å²) in [7, 11) is -5.03. The van der Waals surface area contributed by atoms with Gasteiger partial charge < -0.3 is 4.90 Å². The van der Waals surface area contributed by atoms with Crippen LogP contribution in [0.15, 0.2) is 23.1 Å². The third-order valence-corrected chi connectivity index (χ3v) is 8.80. The van der Waals surface area contributed by atoms with Gasteiger partial charge in [-0.3, -0.25) is 4.31 Å². The summed E-state index contributed by atoms with van der Waals surface area (Å²) in [5.74, 6) is 0.113. The first-order valence-electron chi connectivity index (χ1n) is 8.51. The van der Waals surface area contributed by atoms with Gasteiger partial charge in [0, 0.05) is 32.7 Å². The number of nitrogens with zero attached hydrogens (tertiary/aromatic N) is 3. The number of anilines is 1. The second-order valence-corrected chi connectivity index (χ2v) is 10.7. The first-order chi connectivity index (χ1) is 11.7. The van der Waals surface area contributed by atoms with E-state index >= 15 is 0 Å². The average Bonchev–Trinajstić information content (AvgIpc) is 2.55. The average molecular weight is 388 g/mol. The zero-order valence-electron chi connectivity index (χ0n) is 14.7. The predicted octanol–water partition coefficient (Wildman–Crippen LogP) is 0.861. The Hall–Kier alpha value is -1.16. The standard InChI is InChI=1S/C16H25N3O4S2/c1-14-5-6-15(19-7-3-4-12-24(19,20)21)13-16(14)25(22,23)18-10-8-17(2)9-11-18/h5-6,13H,3-4,7-12H2,1-2H3. The van der Waals surface area contributed by atoms with Crippen LogP contribution in [-0.2, 0) is 20.0 Å². The summed E-state index contributed by atoms with van der Waals surface area (Å²) >= 11 is 0. The Morgan fingerprint density at radius 1 is 1.00 bits per heavy atom. The molecule has 0 aromatic heterocycles. The smallest absolute Gasteiger partial charge is 0.243 e. The second kappa shape index (κ2) is 6.86. The van der Waals surface area contributed by atoms with Gasteiger partial charge in [-0.25, -0.2) is 16.8 Å². The number of aryl methyl sites for hydroxylation is 1. The number of piperazine rings is 1. The van der Waals surface area contributed by atoms with E-state index < -0.39 is 20.0 Å². The molecule has 2 aliphatic heterocycles. The van der Waals surface area contributed by atoms with Crippen molar-refractivity contribution in [3.8, 4) is 0 Å². The maximum Gasteiger partial charge on any atom is 0.243 e. The van der Waals surface area contributed by atoms with Gasteiger partial charge in [0.15, 0.2) is 0 Å². The lowest BCUT2D eigenvalue weighted by Crippen LogP contribution is -2.47. The van der Waals surface area contributed by atoms with Crippen molar-refractivity contribution in [2.24, 2.45) is 0 Å². The highest BCUT2D eigenvalue weighted by Crippen LogP contribution is 2.29. The molecule has 9 heteroatoms. The number of benzene rings is 1. The molecule has 0 aliphatic carbocycles. The molecular weight excluding hydrogens is 362 g/mol. The Bertz CT molecular complexity index is 844. The van der Waals surface area contributed by atoms with Crippen LogP contribution in [0.5, 0.6) is 0 Å². The molecule has 0 atom stereocenters. The maximum atomic E-state index is 13.1. The van der Waals surface area contributed by atoms with Gasteiger partial charge in [-0.2, -0.15) is 4.31 Å². The zero-order chi connectivity index (χ0) is 18.2. The molecule has 0 radical (unpaired) electrons. The first kappa shape index (κ1) is 18.6. The molecule has 0 N–H and O–H groups in total. The molecule has 0 amide bonds. The summed E-state index contributed by atoms with van der Waals surface area (Å²) in [6.45, 7) is 4.43. The molecule has 3 rings (SSSR count). The van der Waals surface area contributed by atoms with Gasteiger partial charge in [-0.1, -0.05) is 6.07 Å². The molecule has 140 valence electrons. The van der Waals surface area contributed by atoms with E-state index in [4.69, 9.17) is 0 Å². The predicted molar refractivity (Wildman–Crippen MR) is 97.8 cm³/mol. The third-order valence-electron chi connectivity index (χ3n) is 4.89. The Labute approximate surface area is 150 Å². The molecule has 1 aromatic carbocycles. The summed E-state index contributed by atoms with van der Waals surface area (Å²) in [6, 6.07) is 4.91. The minimum Gasteiger partial charge on any atom is -0.304 e. The van der Waals surface area contributed by atoms with Crippen molar-refractivity contribution in [2.75, 3.05) is 49.8 Å². The van der Waals surface area contributed by atoms with E-state index in [2.05, 4.69) is 4.90 Å². The molecule has 25 heavy (non-hydrogen) atoms. The monoisotopic (exact) mass is 387 g/mol. The van der Waals surface area contributed by atoms with Crippen LogP contribution >= 0.6 is 0 Å². The maximum absolute atomic E-state index is 13.1. The van der Waals surface area contributed by atoms with Gasteiger partial charge >= 0.3 is 0 Å². The van der Waals surface area contributed by atoms with Crippen molar-refractivity contribution in [3.63, 3.8) is 0 Å². The van der Waals surface area contributed by atoms with E-state index in [0.29, 0.717) is 50.4 Å². The Kier molecular flexibility index (Phi) is 5.11. The molecule has 2 heterocycles. The van der Waals surface area contributed by atoms with Crippen LogP contribution in [0, 0.1) is 6.92 Å². The second-order valence-electron chi connectivity index (χ2n) is 6.75. The first-order valence-corrected chi connectivity index (χ1v) is 11.6. The van der Waals surface area contributed by atoms with Crippen molar-refractivity contribution in [1.82, 2.24) is 9.21 Å². The highest BCUT2D eigenvalue weighted by molar-refractivity contribution is 7.92. The highest BCUT2D eigenvalue weighted by atomic mass is 32.2. The fourth-order valence-corrected chi connectivity index (χ4v) is 6.57. The van der Waals surface area contributed by atoms with E-state index in [-0.39, 0.29) is 10.6 Å². The number of hydrogen-bond donors (Lipinski definition) is 0. The van der Waals surface area contributed by atoms with E-state index in [9.17, 15) is 16.8 Å². The molecule has 0 saturated carbocycles. The van der Waals surface area contributed by atoms with Gasteiger partial charge in [-0.15, -0.1) is 0 Å². The largest absolute Gasteiger partial charge is 0.304 e. The molecule has 1 aromatic rings. The fourth-order valence-electron chi connectivity index (χ4n) is 3.27. The Balaban J connectivity index is 1.97. The number of rotatable bonds is 3. The molecule has 2 fully saturated rings. The van der Waals surface area contributed by atoms with E-state index in [1.165, 1.54) is 14.7 Å². The van der Waals surface area contributed by atoms with Gasteiger partial charge in [0.2, 0.25) is 20.0 Å². The van der Waals surface area contributed by atoms with Crippen molar-refractivity contribution < 1.29 is 16.8 Å².